The Balaban J connectivity index is 1.96. The number of amides is 1. The summed E-state index contributed by atoms with van der Waals surface area (Å²) in [4.78, 5) is 33.8. The van der Waals surface area contributed by atoms with Gasteiger partial charge in [0.2, 0.25) is 0 Å². The van der Waals surface area contributed by atoms with Crippen LogP contribution >= 0.6 is 0 Å². The Hall–Kier alpha value is -3.29. The fourth-order valence-electron chi connectivity index (χ4n) is 1.78. The van der Waals surface area contributed by atoms with Gasteiger partial charge in [-0.2, -0.15) is 0 Å². The van der Waals surface area contributed by atoms with Crippen molar-refractivity contribution in [2.75, 3.05) is 5.32 Å². The second kappa shape index (κ2) is 7.32. The van der Waals surface area contributed by atoms with Crippen LogP contribution in [0, 0.1) is 15.9 Å². The van der Waals surface area contributed by atoms with E-state index in [9.17, 15) is 24.1 Å². The zero-order valence-electron chi connectivity index (χ0n) is 12.6. The maximum atomic E-state index is 12.8. The summed E-state index contributed by atoms with van der Waals surface area (Å²) < 4.78 is 17.8. The van der Waals surface area contributed by atoms with Gasteiger partial charge in [0.1, 0.15) is 5.82 Å². The number of nitro benzene ring substituents is 1. The molecule has 1 atom stereocenters. The molecular weight excluding hydrogens is 319 g/mol. The molecule has 0 spiro atoms. The monoisotopic (exact) mass is 332 g/mol. The lowest BCUT2D eigenvalue weighted by Gasteiger charge is -2.13. The van der Waals surface area contributed by atoms with Gasteiger partial charge in [-0.3, -0.25) is 14.9 Å². The lowest BCUT2D eigenvalue weighted by Crippen LogP contribution is -2.30. The number of ether oxygens (including phenoxy) is 1. The molecule has 0 fully saturated rings. The first-order valence-electron chi connectivity index (χ1n) is 6.88. The number of esters is 1. The smallest absolute Gasteiger partial charge is 0.338 e. The van der Waals surface area contributed by atoms with Gasteiger partial charge < -0.3 is 10.1 Å². The molecule has 0 aliphatic rings. The number of nitrogens with one attached hydrogen (secondary N) is 1. The Morgan fingerprint density at radius 1 is 1.12 bits per heavy atom. The fourth-order valence-corrected chi connectivity index (χ4v) is 1.78. The van der Waals surface area contributed by atoms with E-state index in [0.717, 1.165) is 0 Å². The second-order valence-electron chi connectivity index (χ2n) is 4.85. The van der Waals surface area contributed by atoms with Crippen molar-refractivity contribution in [1.29, 1.82) is 0 Å². The Labute approximate surface area is 136 Å². The highest BCUT2D eigenvalue weighted by Gasteiger charge is 2.19. The van der Waals surface area contributed by atoms with E-state index in [1.54, 1.807) is 0 Å². The van der Waals surface area contributed by atoms with Crippen LogP contribution in [0.15, 0.2) is 48.5 Å². The largest absolute Gasteiger partial charge is 0.449 e. The first kappa shape index (κ1) is 17.1. The summed E-state index contributed by atoms with van der Waals surface area (Å²) in [5.41, 5.74) is 0.287. The Kier molecular flexibility index (Phi) is 5.20. The highest BCUT2D eigenvalue weighted by molar-refractivity contribution is 5.97. The molecule has 8 heteroatoms. The molecule has 124 valence electrons. The molecule has 1 N–H and O–H groups in total. The predicted octanol–water partition coefficient (Wildman–Crippen LogP) is 2.92. The topological polar surface area (TPSA) is 98.5 Å². The second-order valence-corrected chi connectivity index (χ2v) is 4.85. The van der Waals surface area contributed by atoms with Crippen molar-refractivity contribution in [3.05, 3.63) is 70.0 Å². The molecule has 0 saturated carbocycles. The highest BCUT2D eigenvalue weighted by atomic mass is 19.1. The van der Waals surface area contributed by atoms with Gasteiger partial charge in [-0.15, -0.1) is 0 Å². The van der Waals surface area contributed by atoms with E-state index >= 15 is 0 Å². The number of nitro groups is 1. The molecule has 7 nitrogen and oxygen atoms in total. The van der Waals surface area contributed by atoms with Crippen molar-refractivity contribution in [1.82, 2.24) is 0 Å². The van der Waals surface area contributed by atoms with Gasteiger partial charge in [0.05, 0.1) is 10.5 Å². The van der Waals surface area contributed by atoms with Crippen LogP contribution < -0.4 is 5.32 Å². The minimum Gasteiger partial charge on any atom is -0.449 e. The first-order valence-corrected chi connectivity index (χ1v) is 6.88. The maximum Gasteiger partial charge on any atom is 0.338 e. The van der Waals surface area contributed by atoms with Crippen LogP contribution in [0.25, 0.3) is 0 Å². The van der Waals surface area contributed by atoms with Gasteiger partial charge in [0.15, 0.2) is 6.10 Å². The van der Waals surface area contributed by atoms with Crippen LogP contribution in [0.3, 0.4) is 0 Å². The molecule has 0 saturated heterocycles. The number of anilines is 1. The summed E-state index contributed by atoms with van der Waals surface area (Å²) >= 11 is 0. The number of carbonyl (C=O) groups is 2. The van der Waals surface area contributed by atoms with E-state index in [1.807, 2.05) is 0 Å². The minimum absolute atomic E-state index is 0.0852. The van der Waals surface area contributed by atoms with E-state index in [0.29, 0.717) is 5.69 Å². The van der Waals surface area contributed by atoms with Gasteiger partial charge in [0, 0.05) is 17.8 Å². The molecule has 0 unspecified atom stereocenters. The predicted molar refractivity (Wildman–Crippen MR) is 83.0 cm³/mol. The van der Waals surface area contributed by atoms with Gasteiger partial charge >= 0.3 is 5.97 Å². The molecule has 24 heavy (non-hydrogen) atoms. The maximum absolute atomic E-state index is 12.8. The third-order valence-electron chi connectivity index (χ3n) is 3.08. The standard InChI is InChI=1S/C16H13FN2O5/c1-10(15(20)18-13-6-4-12(17)5-7-13)24-16(21)11-2-8-14(9-3-11)19(22)23/h2-10H,1H3,(H,18,20)/t10-/m1/s1. The summed E-state index contributed by atoms with van der Waals surface area (Å²) in [6.45, 7) is 1.38. The van der Waals surface area contributed by atoms with Crippen LogP contribution in [-0.2, 0) is 9.53 Å². The van der Waals surface area contributed by atoms with E-state index < -0.39 is 28.7 Å². The van der Waals surface area contributed by atoms with Crippen molar-refractivity contribution in [2.24, 2.45) is 0 Å². The van der Waals surface area contributed by atoms with Crippen LogP contribution in [0.4, 0.5) is 15.8 Å². The molecular formula is C16H13FN2O5. The number of benzene rings is 2. The first-order chi connectivity index (χ1) is 11.4. The molecule has 0 aliphatic carbocycles. The summed E-state index contributed by atoms with van der Waals surface area (Å²) in [5.74, 6) is -1.81. The normalized spacial score (nSPS) is 11.4. The van der Waals surface area contributed by atoms with Crippen LogP contribution in [0.1, 0.15) is 17.3 Å². The Bertz CT molecular complexity index is 759. The van der Waals surface area contributed by atoms with Crippen molar-refractivity contribution in [3.63, 3.8) is 0 Å². The summed E-state index contributed by atoms with van der Waals surface area (Å²) in [7, 11) is 0. The van der Waals surface area contributed by atoms with Crippen molar-refractivity contribution < 1.29 is 23.6 Å². The number of hydrogen-bond donors (Lipinski definition) is 1. The molecule has 0 heterocycles. The lowest BCUT2D eigenvalue weighted by atomic mass is 10.2. The van der Waals surface area contributed by atoms with Crippen molar-refractivity contribution in [3.8, 4) is 0 Å². The SMILES string of the molecule is C[C@@H](OC(=O)c1ccc([N+](=O)[O-])cc1)C(=O)Nc1ccc(F)cc1. The molecule has 0 bridgehead atoms. The molecule has 0 radical (unpaired) electrons. The summed E-state index contributed by atoms with van der Waals surface area (Å²) in [5, 5.41) is 13.0. The zero-order valence-corrected chi connectivity index (χ0v) is 12.6. The Morgan fingerprint density at radius 3 is 2.25 bits per heavy atom. The molecule has 1 amide bonds. The third-order valence-corrected chi connectivity index (χ3v) is 3.08. The summed E-state index contributed by atoms with van der Waals surface area (Å²) in [6.07, 6.45) is -1.10. The van der Waals surface area contributed by atoms with E-state index in [4.69, 9.17) is 4.74 Å². The summed E-state index contributed by atoms with van der Waals surface area (Å²) in [6, 6.07) is 9.93. The molecule has 2 rings (SSSR count). The quantitative estimate of drug-likeness (QED) is 0.515. The van der Waals surface area contributed by atoms with E-state index in [1.165, 1.54) is 55.5 Å². The molecule has 2 aromatic rings. The van der Waals surface area contributed by atoms with E-state index in [2.05, 4.69) is 5.32 Å². The zero-order chi connectivity index (χ0) is 17.7. The number of halogens is 1. The van der Waals surface area contributed by atoms with Gasteiger partial charge in [0.25, 0.3) is 11.6 Å². The average Bonchev–Trinajstić information content (AvgIpc) is 2.56. The van der Waals surface area contributed by atoms with Gasteiger partial charge in [-0.1, -0.05) is 0 Å². The van der Waals surface area contributed by atoms with E-state index in [-0.39, 0.29) is 11.3 Å². The molecule has 2 aromatic carbocycles. The van der Waals surface area contributed by atoms with Crippen molar-refractivity contribution in [2.45, 2.75) is 13.0 Å². The van der Waals surface area contributed by atoms with Crippen LogP contribution in [-0.4, -0.2) is 22.9 Å². The van der Waals surface area contributed by atoms with Crippen LogP contribution in [0.2, 0.25) is 0 Å². The molecule has 0 aliphatic heterocycles. The number of non-ortho nitro benzene ring substituents is 1. The highest BCUT2D eigenvalue weighted by Crippen LogP contribution is 2.14. The number of nitrogens with zero attached hydrogens (tertiary/aromatic N) is 1. The average molecular weight is 332 g/mol. The fraction of sp³-hybridized carbons (Fsp3) is 0.125. The molecule has 0 aromatic heterocycles. The third kappa shape index (κ3) is 4.35. The lowest BCUT2D eigenvalue weighted by molar-refractivity contribution is -0.384. The Morgan fingerprint density at radius 2 is 1.71 bits per heavy atom. The van der Waals surface area contributed by atoms with Gasteiger partial charge in [-0.25, -0.2) is 9.18 Å². The number of hydrogen-bond acceptors (Lipinski definition) is 5. The van der Waals surface area contributed by atoms with Crippen molar-refractivity contribution >= 4 is 23.3 Å². The van der Waals surface area contributed by atoms with Crippen LogP contribution in [0.5, 0.6) is 0 Å². The minimum atomic E-state index is -1.10. The number of carbonyl (C=O) groups excluding carboxylic acids is 2. The van der Waals surface area contributed by atoms with Gasteiger partial charge in [-0.05, 0) is 43.3 Å². The number of rotatable bonds is 5.